The number of carbonyl (C=O) groups excluding carboxylic acids is 2. The summed E-state index contributed by atoms with van der Waals surface area (Å²) in [5, 5.41) is 13.3. The molecule has 0 saturated heterocycles. The molecule has 80 valence electrons. The first-order valence-corrected chi connectivity index (χ1v) is 3.92. The van der Waals surface area contributed by atoms with Gasteiger partial charge in [0, 0.05) is 0 Å². The molecule has 0 rings (SSSR count). The quantitative estimate of drug-likeness (QED) is 0.385. The van der Waals surface area contributed by atoms with E-state index < -0.39 is 30.2 Å². The summed E-state index contributed by atoms with van der Waals surface area (Å²) >= 11 is 0. The summed E-state index contributed by atoms with van der Waals surface area (Å²) in [7, 11) is 1.55. The average molecular weight is 203 g/mol. The number of aliphatic carboxylic acids is 1. The molecular formula is C7H13N3O4. The minimum absolute atomic E-state index is 0.0114. The fourth-order valence-electron chi connectivity index (χ4n) is 0.807. The Balaban J connectivity index is 4.16. The zero-order valence-corrected chi connectivity index (χ0v) is 7.74. The molecule has 7 nitrogen and oxygen atoms in total. The number of nitrogens with one attached hydrogen (secondary N) is 2. The number of carboxylic acids is 1. The molecule has 0 bridgehead atoms. The van der Waals surface area contributed by atoms with Gasteiger partial charge in [0.1, 0.15) is 6.04 Å². The van der Waals surface area contributed by atoms with Crippen LogP contribution in [0.1, 0.15) is 6.42 Å². The van der Waals surface area contributed by atoms with Crippen molar-refractivity contribution in [2.75, 3.05) is 13.6 Å². The topological polar surface area (TPSA) is 122 Å². The van der Waals surface area contributed by atoms with Crippen molar-refractivity contribution in [1.29, 1.82) is 0 Å². The van der Waals surface area contributed by atoms with Gasteiger partial charge in [0.2, 0.25) is 11.8 Å². The van der Waals surface area contributed by atoms with E-state index in [-0.39, 0.29) is 6.54 Å². The number of rotatable bonds is 6. The second-order valence-corrected chi connectivity index (χ2v) is 2.66. The highest BCUT2D eigenvalue weighted by Gasteiger charge is 2.21. The van der Waals surface area contributed by atoms with Crippen LogP contribution < -0.4 is 16.4 Å². The fourth-order valence-corrected chi connectivity index (χ4v) is 0.807. The van der Waals surface area contributed by atoms with Crippen molar-refractivity contribution < 1.29 is 19.5 Å². The summed E-state index contributed by atoms with van der Waals surface area (Å²) in [5.74, 6) is -2.56. The minimum atomic E-state index is -1.28. The summed E-state index contributed by atoms with van der Waals surface area (Å²) in [4.78, 5) is 31.9. The summed E-state index contributed by atoms with van der Waals surface area (Å²) in [5.41, 5.74) is 4.81. The van der Waals surface area contributed by atoms with Gasteiger partial charge in [-0.3, -0.25) is 9.59 Å². The molecule has 0 aromatic carbocycles. The lowest BCUT2D eigenvalue weighted by atomic mass is 10.2. The molecule has 1 atom stereocenters. The van der Waals surface area contributed by atoms with Crippen LogP contribution in [0.15, 0.2) is 0 Å². The molecule has 0 aliphatic heterocycles. The lowest BCUT2D eigenvalue weighted by Gasteiger charge is -2.12. The maximum Gasteiger partial charge on any atom is 0.326 e. The van der Waals surface area contributed by atoms with E-state index in [4.69, 9.17) is 10.8 Å². The van der Waals surface area contributed by atoms with E-state index in [1.54, 1.807) is 7.05 Å². The Bertz CT molecular complexity index is 241. The van der Waals surface area contributed by atoms with Gasteiger partial charge >= 0.3 is 5.97 Å². The smallest absolute Gasteiger partial charge is 0.326 e. The highest BCUT2D eigenvalue weighted by Crippen LogP contribution is 1.91. The van der Waals surface area contributed by atoms with E-state index in [9.17, 15) is 14.4 Å². The largest absolute Gasteiger partial charge is 0.480 e. The van der Waals surface area contributed by atoms with Gasteiger partial charge in [0.25, 0.3) is 0 Å². The van der Waals surface area contributed by atoms with Crippen LogP contribution in [0.4, 0.5) is 0 Å². The monoisotopic (exact) mass is 203 g/mol. The zero-order valence-electron chi connectivity index (χ0n) is 7.74. The summed E-state index contributed by atoms with van der Waals surface area (Å²) < 4.78 is 0. The molecule has 0 aromatic rings. The highest BCUT2D eigenvalue weighted by atomic mass is 16.4. The van der Waals surface area contributed by atoms with Gasteiger partial charge in [-0.2, -0.15) is 0 Å². The number of carbonyl (C=O) groups is 3. The number of likely N-dealkylation sites (N-methyl/N-ethyl adjacent to an activating group) is 1. The van der Waals surface area contributed by atoms with Crippen LogP contribution in [0, 0.1) is 0 Å². The van der Waals surface area contributed by atoms with Crippen LogP contribution in [0.25, 0.3) is 0 Å². The molecule has 0 spiro atoms. The molecule has 0 fully saturated rings. The molecule has 1 unspecified atom stereocenters. The average Bonchev–Trinajstić information content (AvgIpc) is 2.02. The third-order valence-electron chi connectivity index (χ3n) is 1.38. The predicted octanol–water partition coefficient (Wildman–Crippen LogP) is -2.35. The summed E-state index contributed by atoms with van der Waals surface area (Å²) in [6, 6.07) is -1.26. The van der Waals surface area contributed by atoms with Gasteiger partial charge in [-0.25, -0.2) is 4.79 Å². The van der Waals surface area contributed by atoms with Crippen molar-refractivity contribution in [3.8, 4) is 0 Å². The number of nitrogens with two attached hydrogens (primary N) is 1. The van der Waals surface area contributed by atoms with Gasteiger partial charge in [-0.1, -0.05) is 0 Å². The first-order valence-electron chi connectivity index (χ1n) is 3.92. The van der Waals surface area contributed by atoms with Crippen molar-refractivity contribution in [3.05, 3.63) is 0 Å². The molecule has 0 aliphatic carbocycles. The summed E-state index contributed by atoms with van der Waals surface area (Å²) in [6.45, 7) is -0.0114. The van der Waals surface area contributed by atoms with Crippen molar-refractivity contribution in [2.24, 2.45) is 5.73 Å². The standard InChI is InChI=1S/C7H13N3O4/c1-9-3-6(12)10-4(7(13)14)2-5(8)11/h4,9H,2-3H2,1H3,(H2,8,11)(H,10,12)(H,13,14). The third-order valence-corrected chi connectivity index (χ3v) is 1.38. The Morgan fingerprint density at radius 2 is 2.00 bits per heavy atom. The van der Waals surface area contributed by atoms with E-state index in [2.05, 4.69) is 10.6 Å². The van der Waals surface area contributed by atoms with Crippen molar-refractivity contribution in [3.63, 3.8) is 0 Å². The van der Waals surface area contributed by atoms with Crippen LogP contribution in [0.2, 0.25) is 0 Å². The summed E-state index contributed by atoms with van der Waals surface area (Å²) in [6.07, 6.45) is -0.412. The van der Waals surface area contributed by atoms with E-state index in [1.165, 1.54) is 0 Å². The molecule has 0 radical (unpaired) electrons. The van der Waals surface area contributed by atoms with Gasteiger partial charge in [-0.15, -0.1) is 0 Å². The minimum Gasteiger partial charge on any atom is -0.480 e. The van der Waals surface area contributed by atoms with Crippen LogP contribution in [-0.4, -0.2) is 42.5 Å². The lowest BCUT2D eigenvalue weighted by Crippen LogP contribution is -2.45. The molecule has 0 aliphatic rings. The SMILES string of the molecule is CNCC(=O)NC(CC(N)=O)C(=O)O. The second kappa shape index (κ2) is 5.92. The molecule has 0 aromatic heterocycles. The van der Waals surface area contributed by atoms with Crippen molar-refractivity contribution in [2.45, 2.75) is 12.5 Å². The molecule has 2 amide bonds. The zero-order chi connectivity index (χ0) is 11.1. The molecule has 5 N–H and O–H groups in total. The van der Waals surface area contributed by atoms with Crippen LogP contribution in [0.3, 0.4) is 0 Å². The number of hydrogen-bond donors (Lipinski definition) is 4. The number of hydrogen-bond acceptors (Lipinski definition) is 4. The van der Waals surface area contributed by atoms with E-state index in [0.717, 1.165) is 0 Å². The maximum absolute atomic E-state index is 11.0. The van der Waals surface area contributed by atoms with Gasteiger partial charge in [0.05, 0.1) is 13.0 Å². The molecule has 0 saturated carbocycles. The molecule has 7 heteroatoms. The number of primary amides is 1. The normalized spacial score (nSPS) is 11.8. The number of carboxylic acid groups (broad SMARTS) is 1. The van der Waals surface area contributed by atoms with E-state index >= 15 is 0 Å². The highest BCUT2D eigenvalue weighted by molar-refractivity contribution is 5.88. The molecule has 14 heavy (non-hydrogen) atoms. The Hall–Kier alpha value is -1.63. The predicted molar refractivity (Wildman–Crippen MR) is 47.3 cm³/mol. The third kappa shape index (κ3) is 5.09. The Kier molecular flexibility index (Phi) is 5.23. The van der Waals surface area contributed by atoms with Crippen LogP contribution >= 0.6 is 0 Å². The van der Waals surface area contributed by atoms with Crippen LogP contribution in [-0.2, 0) is 14.4 Å². The molecule has 0 heterocycles. The number of amides is 2. The van der Waals surface area contributed by atoms with E-state index in [0.29, 0.717) is 0 Å². The maximum atomic E-state index is 11.0. The first kappa shape index (κ1) is 12.4. The van der Waals surface area contributed by atoms with E-state index in [1.807, 2.05) is 0 Å². The Morgan fingerprint density at radius 1 is 1.43 bits per heavy atom. The lowest BCUT2D eigenvalue weighted by molar-refractivity contribution is -0.143. The van der Waals surface area contributed by atoms with Crippen molar-refractivity contribution in [1.82, 2.24) is 10.6 Å². The van der Waals surface area contributed by atoms with Crippen molar-refractivity contribution >= 4 is 17.8 Å². The van der Waals surface area contributed by atoms with Gasteiger partial charge in [0.15, 0.2) is 0 Å². The molecular weight excluding hydrogens is 190 g/mol. The second-order valence-electron chi connectivity index (χ2n) is 2.66. The van der Waals surface area contributed by atoms with Crippen LogP contribution in [0.5, 0.6) is 0 Å². The van der Waals surface area contributed by atoms with Gasteiger partial charge < -0.3 is 21.5 Å². The Labute approximate surface area is 80.6 Å². The van der Waals surface area contributed by atoms with Gasteiger partial charge in [-0.05, 0) is 7.05 Å². The fraction of sp³-hybridized carbons (Fsp3) is 0.571. The first-order chi connectivity index (χ1) is 6.47. The Morgan fingerprint density at radius 3 is 2.36 bits per heavy atom.